The topological polar surface area (TPSA) is 114 Å². The van der Waals surface area contributed by atoms with Crippen molar-refractivity contribution in [2.75, 3.05) is 24.3 Å². The largest absolute Gasteiger partial charge is 0.494 e. The fourth-order valence-corrected chi connectivity index (χ4v) is 3.64. The maximum atomic E-state index is 13.4. The first-order chi connectivity index (χ1) is 17.9. The van der Waals surface area contributed by atoms with Crippen molar-refractivity contribution in [2.24, 2.45) is 0 Å². The molecule has 9 nitrogen and oxygen atoms in total. The van der Waals surface area contributed by atoms with E-state index in [1.54, 1.807) is 24.3 Å². The molecule has 0 aliphatic heterocycles. The van der Waals surface area contributed by atoms with Crippen LogP contribution in [-0.4, -0.2) is 39.5 Å². The summed E-state index contributed by atoms with van der Waals surface area (Å²) in [5, 5.41) is 9.28. The van der Waals surface area contributed by atoms with Gasteiger partial charge in [-0.2, -0.15) is 0 Å². The third kappa shape index (κ3) is 5.97. The van der Waals surface area contributed by atoms with Crippen LogP contribution in [0.2, 0.25) is 0 Å². The van der Waals surface area contributed by atoms with Gasteiger partial charge in [0.05, 0.1) is 42.0 Å². The second-order valence-corrected chi connectivity index (χ2v) is 8.47. The highest BCUT2D eigenvalue weighted by Crippen LogP contribution is 2.37. The van der Waals surface area contributed by atoms with Crippen LogP contribution in [0, 0.1) is 5.82 Å². The summed E-state index contributed by atoms with van der Waals surface area (Å²) in [6, 6.07) is 11.0. The molecule has 0 saturated carbocycles. The smallest absolute Gasteiger partial charge is 0.254 e. The molecule has 10 heteroatoms. The molecule has 0 aliphatic carbocycles. The quantitative estimate of drug-likeness (QED) is 0.278. The first kappa shape index (κ1) is 25.5. The van der Waals surface area contributed by atoms with Gasteiger partial charge in [-0.25, -0.2) is 24.3 Å². The number of nitrogens with one attached hydrogen (secondary N) is 3. The molecule has 190 valence electrons. The molecule has 0 saturated heterocycles. The molecule has 37 heavy (non-hydrogen) atoms. The number of halogens is 1. The van der Waals surface area contributed by atoms with Gasteiger partial charge in [0.15, 0.2) is 17.4 Å². The maximum Gasteiger partial charge on any atom is 0.254 e. The first-order valence-electron chi connectivity index (χ1n) is 11.8. The van der Waals surface area contributed by atoms with Crippen LogP contribution in [0.3, 0.4) is 0 Å². The molecule has 4 rings (SSSR count). The molecule has 0 bridgehead atoms. The van der Waals surface area contributed by atoms with E-state index >= 15 is 0 Å². The molecule has 0 aliphatic rings. The molecule has 3 aromatic heterocycles. The van der Waals surface area contributed by atoms with Crippen molar-refractivity contribution in [2.45, 2.75) is 26.7 Å². The molecule has 1 amide bonds. The monoisotopic (exact) mass is 501 g/mol. The predicted molar refractivity (Wildman–Crippen MR) is 141 cm³/mol. The van der Waals surface area contributed by atoms with Crippen LogP contribution in [0.1, 0.15) is 42.6 Å². The second kappa shape index (κ2) is 11.4. The number of ether oxygens (including phenoxy) is 1. The molecule has 3 heterocycles. The Morgan fingerprint density at radius 1 is 0.946 bits per heavy atom. The molecule has 0 radical (unpaired) electrons. The fourth-order valence-electron chi connectivity index (χ4n) is 3.64. The minimum atomic E-state index is -0.534. The molecular weight excluding hydrogens is 473 g/mol. The minimum absolute atomic E-state index is 0.277. The second-order valence-electron chi connectivity index (χ2n) is 8.47. The zero-order valence-corrected chi connectivity index (χ0v) is 21.0. The molecule has 4 aromatic rings. The lowest BCUT2D eigenvalue weighted by Gasteiger charge is -2.17. The molecule has 0 fully saturated rings. The van der Waals surface area contributed by atoms with Crippen LogP contribution in [0.5, 0.6) is 5.75 Å². The van der Waals surface area contributed by atoms with Crippen molar-refractivity contribution in [1.29, 1.82) is 0 Å². The average molecular weight is 502 g/mol. The molecule has 1 aromatic carbocycles. The third-order valence-electron chi connectivity index (χ3n) is 5.54. The van der Waals surface area contributed by atoms with Crippen LogP contribution in [0.4, 0.5) is 27.4 Å². The number of rotatable bonds is 9. The number of pyridine rings is 2. The number of amides is 1. The number of anilines is 4. The van der Waals surface area contributed by atoms with Gasteiger partial charge in [0.1, 0.15) is 11.6 Å². The highest BCUT2D eigenvalue weighted by molar-refractivity contribution is 6.01. The Morgan fingerprint density at radius 3 is 2.35 bits per heavy atom. The van der Waals surface area contributed by atoms with Crippen LogP contribution < -0.4 is 20.7 Å². The lowest BCUT2D eigenvalue weighted by atomic mass is 10.1. The number of hydrogen-bond acceptors (Lipinski definition) is 8. The van der Waals surface area contributed by atoms with Gasteiger partial charge < -0.3 is 20.7 Å². The van der Waals surface area contributed by atoms with E-state index in [0.717, 1.165) is 18.0 Å². The van der Waals surface area contributed by atoms with Crippen molar-refractivity contribution >= 4 is 28.9 Å². The Labute approximate surface area is 214 Å². The third-order valence-corrected chi connectivity index (χ3v) is 5.54. The van der Waals surface area contributed by atoms with Gasteiger partial charge in [0.25, 0.3) is 5.91 Å². The summed E-state index contributed by atoms with van der Waals surface area (Å²) in [6.07, 6.45) is 5.51. The summed E-state index contributed by atoms with van der Waals surface area (Å²) in [7, 11) is 1.52. The number of nitrogens with zero attached hydrogens (tertiary/aromatic N) is 4. The Morgan fingerprint density at radius 2 is 1.70 bits per heavy atom. The number of hydrogen-bond donors (Lipinski definition) is 3. The Kier molecular flexibility index (Phi) is 7.87. The summed E-state index contributed by atoms with van der Waals surface area (Å²) in [4.78, 5) is 29.8. The molecule has 0 unspecified atom stereocenters. The Bertz CT molecular complexity index is 1380. The van der Waals surface area contributed by atoms with Gasteiger partial charge in [-0.1, -0.05) is 26.0 Å². The van der Waals surface area contributed by atoms with E-state index in [0.29, 0.717) is 58.2 Å². The SMILES string of the molecule is CCNC(=O)c1cnc(Nc2ccc(C(C)C)cn2)cc1Nc1cccc(-c2ncc(F)cn2)c1OC. The molecule has 3 N–H and O–H groups in total. The van der Waals surface area contributed by atoms with E-state index in [4.69, 9.17) is 4.74 Å². The lowest BCUT2D eigenvalue weighted by Crippen LogP contribution is -2.24. The highest BCUT2D eigenvalue weighted by Gasteiger charge is 2.18. The number of para-hydroxylation sites is 1. The van der Waals surface area contributed by atoms with Gasteiger partial charge in [-0.3, -0.25) is 4.79 Å². The van der Waals surface area contributed by atoms with Crippen LogP contribution in [0.25, 0.3) is 11.4 Å². The van der Waals surface area contributed by atoms with E-state index in [2.05, 4.69) is 49.7 Å². The summed E-state index contributed by atoms with van der Waals surface area (Å²) in [5.41, 5.74) is 3.10. The predicted octanol–water partition coefficient (Wildman–Crippen LogP) is 5.44. The summed E-state index contributed by atoms with van der Waals surface area (Å²) >= 11 is 0. The minimum Gasteiger partial charge on any atom is -0.494 e. The lowest BCUT2D eigenvalue weighted by molar-refractivity contribution is 0.0956. The van der Waals surface area contributed by atoms with Crippen LogP contribution >= 0.6 is 0 Å². The van der Waals surface area contributed by atoms with Crippen LogP contribution in [0.15, 0.2) is 61.2 Å². The highest BCUT2D eigenvalue weighted by atomic mass is 19.1. The van der Waals surface area contributed by atoms with Crippen molar-refractivity contribution in [3.05, 3.63) is 78.1 Å². The standard InChI is InChI=1S/C27H28FN7O2/c1-5-29-27(36)20-15-31-24(35-23-10-9-17(12-30-23)16(2)3)11-22(20)34-21-8-6-7-19(25(21)37-4)26-32-13-18(28)14-33-26/h6-16H,5H2,1-4H3,(H,29,36)(H2,30,31,34,35). The van der Waals surface area contributed by atoms with Crippen molar-refractivity contribution in [3.8, 4) is 17.1 Å². The number of aromatic nitrogens is 4. The normalized spacial score (nSPS) is 10.8. The van der Waals surface area contributed by atoms with E-state index in [1.807, 2.05) is 25.3 Å². The van der Waals surface area contributed by atoms with Crippen molar-refractivity contribution < 1.29 is 13.9 Å². The zero-order chi connectivity index (χ0) is 26.4. The summed E-state index contributed by atoms with van der Waals surface area (Å²) < 4.78 is 19.0. The molecule has 0 atom stereocenters. The average Bonchev–Trinajstić information content (AvgIpc) is 2.89. The maximum absolute atomic E-state index is 13.4. The van der Waals surface area contributed by atoms with E-state index in [9.17, 15) is 9.18 Å². The van der Waals surface area contributed by atoms with Gasteiger partial charge in [-0.05, 0) is 36.6 Å². The number of methoxy groups -OCH3 is 1. The summed E-state index contributed by atoms with van der Waals surface area (Å²) in [6.45, 7) is 6.52. The van der Waals surface area contributed by atoms with E-state index in [-0.39, 0.29) is 5.91 Å². The van der Waals surface area contributed by atoms with Gasteiger partial charge in [-0.15, -0.1) is 0 Å². The van der Waals surface area contributed by atoms with Crippen LogP contribution in [-0.2, 0) is 0 Å². The Hall–Kier alpha value is -4.60. The van der Waals surface area contributed by atoms with Gasteiger partial charge in [0, 0.05) is 25.0 Å². The number of benzene rings is 1. The molecule has 0 spiro atoms. The zero-order valence-electron chi connectivity index (χ0n) is 21.0. The number of carbonyl (C=O) groups is 1. The molecular formula is C27H28FN7O2. The van der Waals surface area contributed by atoms with Gasteiger partial charge in [0.2, 0.25) is 0 Å². The first-order valence-corrected chi connectivity index (χ1v) is 11.8. The van der Waals surface area contributed by atoms with E-state index in [1.165, 1.54) is 13.3 Å². The van der Waals surface area contributed by atoms with E-state index < -0.39 is 5.82 Å². The van der Waals surface area contributed by atoms with Gasteiger partial charge >= 0.3 is 0 Å². The van der Waals surface area contributed by atoms with Crippen molar-refractivity contribution in [3.63, 3.8) is 0 Å². The van der Waals surface area contributed by atoms with Crippen molar-refractivity contribution in [1.82, 2.24) is 25.3 Å². The summed E-state index contributed by atoms with van der Waals surface area (Å²) in [5.74, 6) is 1.43. The fraction of sp³-hybridized carbons (Fsp3) is 0.222. The Balaban J connectivity index is 1.70. The number of carbonyl (C=O) groups excluding carboxylic acids is 1.